The number of carbonyl (C=O) groups excluding carboxylic acids is 1. The molecule has 1 aliphatic heterocycles. The largest absolute Gasteiger partial charge is 0.494 e. The number of aromatic nitrogens is 1. The zero-order chi connectivity index (χ0) is 18.6. The summed E-state index contributed by atoms with van der Waals surface area (Å²) in [6.45, 7) is 3.21. The van der Waals surface area contributed by atoms with Crippen molar-refractivity contribution >= 4 is 17.2 Å². The molecule has 3 aromatic rings. The molecule has 7 heteroatoms. The number of benzene rings is 2. The van der Waals surface area contributed by atoms with Crippen LogP contribution in [-0.4, -0.2) is 24.3 Å². The van der Waals surface area contributed by atoms with Crippen molar-refractivity contribution in [2.24, 2.45) is 0 Å². The molecule has 0 unspecified atom stereocenters. The van der Waals surface area contributed by atoms with Crippen LogP contribution in [0.15, 0.2) is 47.8 Å². The second-order valence-electron chi connectivity index (χ2n) is 5.87. The molecule has 1 amide bonds. The van der Waals surface area contributed by atoms with Gasteiger partial charge in [0.2, 0.25) is 6.79 Å². The van der Waals surface area contributed by atoms with Gasteiger partial charge >= 0.3 is 0 Å². The summed E-state index contributed by atoms with van der Waals surface area (Å²) < 4.78 is 16.1. The molecule has 138 valence electrons. The molecule has 0 fully saturated rings. The molecule has 0 saturated heterocycles. The van der Waals surface area contributed by atoms with E-state index in [9.17, 15) is 4.79 Å². The van der Waals surface area contributed by atoms with Gasteiger partial charge in [0.15, 0.2) is 11.5 Å². The summed E-state index contributed by atoms with van der Waals surface area (Å²) in [6.07, 6.45) is 0. The summed E-state index contributed by atoms with van der Waals surface area (Å²) in [4.78, 5) is 16.8. The Morgan fingerprint density at radius 1 is 1.19 bits per heavy atom. The number of thiazole rings is 1. The molecule has 6 nitrogen and oxygen atoms in total. The van der Waals surface area contributed by atoms with Gasteiger partial charge in [0.05, 0.1) is 6.61 Å². The Morgan fingerprint density at radius 2 is 2.00 bits per heavy atom. The number of carbonyl (C=O) groups is 1. The molecule has 1 aliphatic rings. The Balaban J connectivity index is 1.39. The average Bonchev–Trinajstić information content (AvgIpc) is 3.36. The first-order valence-electron chi connectivity index (χ1n) is 8.58. The van der Waals surface area contributed by atoms with Crippen LogP contribution < -0.4 is 19.5 Å². The van der Waals surface area contributed by atoms with Gasteiger partial charge in [0.1, 0.15) is 16.5 Å². The second-order valence-corrected chi connectivity index (χ2v) is 6.72. The molecule has 2 heterocycles. The first kappa shape index (κ1) is 17.4. The van der Waals surface area contributed by atoms with E-state index in [0.717, 1.165) is 27.6 Å². The van der Waals surface area contributed by atoms with Crippen LogP contribution in [0.4, 0.5) is 0 Å². The van der Waals surface area contributed by atoms with Crippen molar-refractivity contribution in [1.82, 2.24) is 10.3 Å². The van der Waals surface area contributed by atoms with Gasteiger partial charge in [0.25, 0.3) is 5.91 Å². The summed E-state index contributed by atoms with van der Waals surface area (Å²) >= 11 is 1.44. The fourth-order valence-corrected chi connectivity index (χ4v) is 3.50. The highest BCUT2D eigenvalue weighted by Crippen LogP contribution is 2.32. The van der Waals surface area contributed by atoms with E-state index in [4.69, 9.17) is 14.2 Å². The molecule has 2 aromatic carbocycles. The lowest BCUT2D eigenvalue weighted by atomic mass is 10.2. The Hall–Kier alpha value is -3.06. The quantitative estimate of drug-likeness (QED) is 0.701. The predicted octanol–water partition coefficient (Wildman–Crippen LogP) is 3.87. The lowest BCUT2D eigenvalue weighted by Crippen LogP contribution is -2.23. The van der Waals surface area contributed by atoms with E-state index in [1.165, 1.54) is 11.3 Å². The van der Waals surface area contributed by atoms with E-state index in [1.807, 2.05) is 49.4 Å². The third-order valence-electron chi connectivity index (χ3n) is 4.04. The molecular weight excluding hydrogens is 364 g/mol. The number of fused-ring (bicyclic) bond motifs is 1. The van der Waals surface area contributed by atoms with Crippen molar-refractivity contribution in [3.05, 3.63) is 59.1 Å². The van der Waals surface area contributed by atoms with E-state index >= 15 is 0 Å². The zero-order valence-electron chi connectivity index (χ0n) is 14.7. The summed E-state index contributed by atoms with van der Waals surface area (Å²) in [5, 5.41) is 5.45. The lowest BCUT2D eigenvalue weighted by Gasteiger charge is -2.05. The van der Waals surface area contributed by atoms with Crippen LogP contribution in [0, 0.1) is 0 Å². The van der Waals surface area contributed by atoms with Gasteiger partial charge < -0.3 is 19.5 Å². The first-order chi connectivity index (χ1) is 13.2. The molecule has 0 atom stereocenters. The van der Waals surface area contributed by atoms with Crippen molar-refractivity contribution in [3.8, 4) is 27.8 Å². The highest BCUT2D eigenvalue weighted by atomic mass is 32.1. The van der Waals surface area contributed by atoms with Crippen LogP contribution in [0.25, 0.3) is 10.6 Å². The van der Waals surface area contributed by atoms with Crippen molar-refractivity contribution in [2.45, 2.75) is 13.5 Å². The Labute approximate surface area is 160 Å². The van der Waals surface area contributed by atoms with Gasteiger partial charge in [0, 0.05) is 17.5 Å². The number of nitrogens with zero attached hydrogens (tertiary/aromatic N) is 1. The SMILES string of the molecule is CCOc1ccc(-c2nc(C(=O)NCc3ccc4c(c3)OCO4)cs2)cc1. The average molecular weight is 382 g/mol. The smallest absolute Gasteiger partial charge is 0.271 e. The van der Waals surface area contributed by atoms with Crippen molar-refractivity contribution < 1.29 is 19.0 Å². The van der Waals surface area contributed by atoms with E-state index in [1.54, 1.807) is 5.38 Å². The number of hydrogen-bond donors (Lipinski definition) is 1. The predicted molar refractivity (Wildman–Crippen MR) is 102 cm³/mol. The maximum Gasteiger partial charge on any atom is 0.271 e. The highest BCUT2D eigenvalue weighted by molar-refractivity contribution is 7.13. The van der Waals surface area contributed by atoms with Crippen LogP contribution in [0.5, 0.6) is 17.2 Å². The second kappa shape index (κ2) is 7.67. The molecule has 1 N–H and O–H groups in total. The third kappa shape index (κ3) is 3.88. The molecule has 4 rings (SSSR count). The fourth-order valence-electron chi connectivity index (χ4n) is 2.69. The summed E-state index contributed by atoms with van der Waals surface area (Å²) in [6, 6.07) is 13.3. The molecule has 0 radical (unpaired) electrons. The van der Waals surface area contributed by atoms with Gasteiger partial charge in [-0.2, -0.15) is 0 Å². The normalized spacial score (nSPS) is 12.0. The van der Waals surface area contributed by atoms with Crippen LogP contribution in [0.2, 0.25) is 0 Å². The highest BCUT2D eigenvalue weighted by Gasteiger charge is 2.15. The van der Waals surface area contributed by atoms with E-state index in [2.05, 4.69) is 10.3 Å². The minimum atomic E-state index is -0.207. The van der Waals surface area contributed by atoms with Gasteiger partial charge in [-0.05, 0) is 48.9 Å². The molecule has 1 aromatic heterocycles. The number of ether oxygens (including phenoxy) is 3. The van der Waals surface area contributed by atoms with E-state index in [0.29, 0.717) is 24.6 Å². The van der Waals surface area contributed by atoms with Crippen molar-refractivity contribution in [2.75, 3.05) is 13.4 Å². The van der Waals surface area contributed by atoms with Crippen molar-refractivity contribution in [1.29, 1.82) is 0 Å². The summed E-state index contributed by atoms with van der Waals surface area (Å²) in [7, 11) is 0. The molecule has 0 aliphatic carbocycles. The van der Waals surface area contributed by atoms with Crippen LogP contribution in [-0.2, 0) is 6.54 Å². The third-order valence-corrected chi connectivity index (χ3v) is 4.93. The first-order valence-corrected chi connectivity index (χ1v) is 9.46. The maximum atomic E-state index is 12.4. The fraction of sp³-hybridized carbons (Fsp3) is 0.200. The lowest BCUT2D eigenvalue weighted by molar-refractivity contribution is 0.0946. The van der Waals surface area contributed by atoms with E-state index < -0.39 is 0 Å². The van der Waals surface area contributed by atoms with Gasteiger partial charge in [-0.1, -0.05) is 6.07 Å². The van der Waals surface area contributed by atoms with Crippen LogP contribution in [0.1, 0.15) is 23.0 Å². The number of nitrogens with one attached hydrogen (secondary N) is 1. The van der Waals surface area contributed by atoms with Gasteiger partial charge in [-0.3, -0.25) is 4.79 Å². The van der Waals surface area contributed by atoms with Crippen molar-refractivity contribution in [3.63, 3.8) is 0 Å². The summed E-state index contributed by atoms with van der Waals surface area (Å²) in [5.74, 6) is 2.04. The molecule has 27 heavy (non-hydrogen) atoms. The van der Waals surface area contributed by atoms with Crippen LogP contribution >= 0.6 is 11.3 Å². The summed E-state index contributed by atoms with van der Waals surface area (Å²) in [5.41, 5.74) is 2.30. The number of hydrogen-bond acceptors (Lipinski definition) is 6. The minimum Gasteiger partial charge on any atom is -0.494 e. The maximum absolute atomic E-state index is 12.4. The number of rotatable bonds is 6. The van der Waals surface area contributed by atoms with Crippen LogP contribution in [0.3, 0.4) is 0 Å². The topological polar surface area (TPSA) is 69.7 Å². The number of amides is 1. The standard InChI is InChI=1S/C20H18N2O4S/c1-2-24-15-6-4-14(5-7-15)20-22-16(11-27-20)19(23)21-10-13-3-8-17-18(9-13)26-12-25-17/h3-9,11H,2,10,12H2,1H3,(H,21,23). The Bertz CT molecular complexity index is 953. The zero-order valence-corrected chi connectivity index (χ0v) is 15.5. The molecule has 0 spiro atoms. The van der Waals surface area contributed by atoms with E-state index in [-0.39, 0.29) is 12.7 Å². The molecule has 0 bridgehead atoms. The Kier molecular flexibility index (Phi) is 4.93. The molecule has 0 saturated carbocycles. The van der Waals surface area contributed by atoms with Gasteiger partial charge in [-0.15, -0.1) is 11.3 Å². The monoisotopic (exact) mass is 382 g/mol. The molecular formula is C20H18N2O4S. The Morgan fingerprint density at radius 3 is 2.81 bits per heavy atom. The minimum absolute atomic E-state index is 0.207. The van der Waals surface area contributed by atoms with Gasteiger partial charge in [-0.25, -0.2) is 4.98 Å².